The van der Waals surface area contributed by atoms with E-state index in [1.165, 1.54) is 11.3 Å². The predicted molar refractivity (Wildman–Crippen MR) is 82.5 cm³/mol. The van der Waals surface area contributed by atoms with Crippen LogP contribution in [0, 0.1) is 17.3 Å². The largest absolute Gasteiger partial charge is 0.481 e. The Balaban J connectivity index is 1.71. The number of carbonyl (C=O) groups excluding carboxylic acids is 1. The van der Waals surface area contributed by atoms with Crippen LogP contribution in [0.5, 0.6) is 0 Å². The fraction of sp³-hybridized carbons (Fsp3) is 0.357. The number of aromatic nitrogens is 1. The molecule has 0 radical (unpaired) electrons. The molecular formula is C14H14N2O3S2. The second-order valence-corrected chi connectivity index (χ2v) is 7.43. The summed E-state index contributed by atoms with van der Waals surface area (Å²) in [6.45, 7) is 3.60. The number of aliphatic carboxylic acids is 1. The van der Waals surface area contributed by atoms with Gasteiger partial charge in [0.25, 0.3) is 0 Å². The number of carboxylic acid groups (broad SMARTS) is 1. The molecule has 2 atom stereocenters. The van der Waals surface area contributed by atoms with E-state index in [4.69, 9.17) is 5.11 Å². The second kappa shape index (κ2) is 4.92. The first-order chi connectivity index (χ1) is 9.91. The Kier molecular flexibility index (Phi) is 3.33. The second-order valence-electron chi connectivity index (χ2n) is 5.62. The predicted octanol–water partition coefficient (Wildman–Crippen LogP) is 3.17. The molecule has 2 heterocycles. The number of anilines is 1. The van der Waals surface area contributed by atoms with Crippen LogP contribution in [-0.2, 0) is 9.59 Å². The number of thiophene rings is 1. The molecule has 1 saturated carbocycles. The van der Waals surface area contributed by atoms with Crippen molar-refractivity contribution in [2.24, 2.45) is 17.3 Å². The van der Waals surface area contributed by atoms with Crippen molar-refractivity contribution in [1.29, 1.82) is 0 Å². The number of carbonyl (C=O) groups is 2. The average molecular weight is 322 g/mol. The van der Waals surface area contributed by atoms with Crippen molar-refractivity contribution in [3.63, 3.8) is 0 Å². The normalized spacial score (nSPS) is 22.8. The molecule has 2 aromatic heterocycles. The molecule has 0 unspecified atom stereocenters. The van der Waals surface area contributed by atoms with Gasteiger partial charge in [0.1, 0.15) is 0 Å². The number of carboxylic acids is 1. The van der Waals surface area contributed by atoms with Crippen molar-refractivity contribution in [2.75, 3.05) is 5.32 Å². The van der Waals surface area contributed by atoms with E-state index in [0.29, 0.717) is 5.13 Å². The highest BCUT2D eigenvalue weighted by atomic mass is 32.1. The van der Waals surface area contributed by atoms with Crippen LogP contribution in [0.15, 0.2) is 22.9 Å². The maximum Gasteiger partial charge on any atom is 0.307 e. The SMILES string of the molecule is CC1(C)[C@H](C(=O)O)[C@@H]1C(=O)Nc1nc(-c2cccs2)cs1. The van der Waals surface area contributed by atoms with Gasteiger partial charge in [-0.2, -0.15) is 0 Å². The van der Waals surface area contributed by atoms with Crippen molar-refractivity contribution in [3.8, 4) is 10.6 Å². The number of amides is 1. The van der Waals surface area contributed by atoms with Crippen LogP contribution in [0.3, 0.4) is 0 Å². The first-order valence-corrected chi connectivity index (χ1v) is 8.20. The average Bonchev–Trinajstić information content (AvgIpc) is 2.85. The van der Waals surface area contributed by atoms with Crippen LogP contribution >= 0.6 is 22.7 Å². The third kappa shape index (κ3) is 2.47. The quantitative estimate of drug-likeness (QED) is 0.906. The number of nitrogens with zero attached hydrogens (tertiary/aromatic N) is 1. The summed E-state index contributed by atoms with van der Waals surface area (Å²) in [5.41, 5.74) is 0.333. The fourth-order valence-corrected chi connectivity index (χ4v) is 4.11. The maximum atomic E-state index is 12.2. The van der Waals surface area contributed by atoms with Gasteiger partial charge in [-0.15, -0.1) is 22.7 Å². The molecule has 3 rings (SSSR count). The number of nitrogens with one attached hydrogen (secondary N) is 1. The number of rotatable bonds is 4. The zero-order valence-corrected chi connectivity index (χ0v) is 13.1. The van der Waals surface area contributed by atoms with Crippen LogP contribution in [0.2, 0.25) is 0 Å². The standard InChI is InChI=1S/C14H14N2O3S2/c1-14(2)9(10(14)12(18)19)11(17)16-13-15-7(6-21-13)8-4-3-5-20-8/h3-6,9-10H,1-2H3,(H,18,19)(H,15,16,17)/t9-,10+/m1/s1. The maximum absolute atomic E-state index is 12.2. The molecule has 1 aliphatic rings. The van der Waals surface area contributed by atoms with E-state index >= 15 is 0 Å². The third-order valence-corrected chi connectivity index (χ3v) is 5.53. The lowest BCUT2D eigenvalue weighted by molar-refractivity contribution is -0.140. The molecule has 1 aliphatic carbocycles. The van der Waals surface area contributed by atoms with E-state index in [-0.39, 0.29) is 5.91 Å². The van der Waals surface area contributed by atoms with Gasteiger partial charge in [0, 0.05) is 5.38 Å². The first kappa shape index (κ1) is 14.2. The minimum absolute atomic E-state index is 0.264. The molecule has 1 amide bonds. The van der Waals surface area contributed by atoms with Crippen LogP contribution in [0.4, 0.5) is 5.13 Å². The Morgan fingerprint density at radius 1 is 1.33 bits per heavy atom. The van der Waals surface area contributed by atoms with Gasteiger partial charge in [-0.1, -0.05) is 19.9 Å². The summed E-state index contributed by atoms with van der Waals surface area (Å²) in [6.07, 6.45) is 0. The lowest BCUT2D eigenvalue weighted by Crippen LogP contribution is -2.17. The first-order valence-electron chi connectivity index (χ1n) is 6.44. The topological polar surface area (TPSA) is 79.3 Å². The summed E-state index contributed by atoms with van der Waals surface area (Å²) in [5, 5.41) is 16.2. The Morgan fingerprint density at radius 2 is 2.10 bits per heavy atom. The smallest absolute Gasteiger partial charge is 0.307 e. The molecule has 2 N–H and O–H groups in total. The van der Waals surface area contributed by atoms with Gasteiger partial charge in [-0.3, -0.25) is 9.59 Å². The van der Waals surface area contributed by atoms with Crippen LogP contribution < -0.4 is 5.32 Å². The lowest BCUT2D eigenvalue weighted by Gasteiger charge is -2.02. The van der Waals surface area contributed by atoms with E-state index in [2.05, 4.69) is 10.3 Å². The summed E-state index contributed by atoms with van der Waals surface area (Å²) in [4.78, 5) is 28.7. The number of hydrogen-bond acceptors (Lipinski definition) is 5. The molecule has 7 heteroatoms. The Morgan fingerprint density at radius 3 is 2.67 bits per heavy atom. The van der Waals surface area contributed by atoms with Crippen molar-refractivity contribution in [1.82, 2.24) is 4.98 Å². The molecule has 0 aromatic carbocycles. The summed E-state index contributed by atoms with van der Waals surface area (Å²) in [6, 6.07) is 3.91. The Labute approximate surface area is 129 Å². The molecule has 1 fully saturated rings. The molecule has 0 bridgehead atoms. The van der Waals surface area contributed by atoms with Gasteiger partial charge in [-0.05, 0) is 16.9 Å². The van der Waals surface area contributed by atoms with Gasteiger partial charge in [0.2, 0.25) is 5.91 Å². The van der Waals surface area contributed by atoms with E-state index in [0.717, 1.165) is 10.6 Å². The van der Waals surface area contributed by atoms with Gasteiger partial charge in [0.05, 0.1) is 22.4 Å². The Hall–Kier alpha value is -1.73. The minimum Gasteiger partial charge on any atom is -0.481 e. The molecule has 110 valence electrons. The van der Waals surface area contributed by atoms with E-state index in [1.54, 1.807) is 25.2 Å². The summed E-state index contributed by atoms with van der Waals surface area (Å²) in [7, 11) is 0. The number of hydrogen-bond donors (Lipinski definition) is 2. The van der Waals surface area contributed by atoms with E-state index in [9.17, 15) is 9.59 Å². The Bertz CT molecular complexity index is 691. The van der Waals surface area contributed by atoms with Crippen molar-refractivity contribution in [2.45, 2.75) is 13.8 Å². The molecule has 5 nitrogen and oxygen atoms in total. The van der Waals surface area contributed by atoms with Gasteiger partial charge in [-0.25, -0.2) is 4.98 Å². The van der Waals surface area contributed by atoms with Gasteiger partial charge in [0.15, 0.2) is 5.13 Å². The monoisotopic (exact) mass is 322 g/mol. The molecule has 0 saturated heterocycles. The zero-order chi connectivity index (χ0) is 15.2. The van der Waals surface area contributed by atoms with Crippen molar-refractivity contribution >= 4 is 39.7 Å². The molecule has 0 aliphatic heterocycles. The minimum atomic E-state index is -0.918. The van der Waals surface area contributed by atoms with Crippen molar-refractivity contribution in [3.05, 3.63) is 22.9 Å². The molecule has 21 heavy (non-hydrogen) atoms. The summed E-state index contributed by atoms with van der Waals surface area (Å²) in [5.74, 6) is -2.30. The summed E-state index contributed by atoms with van der Waals surface area (Å²) >= 11 is 2.93. The highest BCUT2D eigenvalue weighted by Crippen LogP contribution is 2.58. The molecule has 2 aromatic rings. The van der Waals surface area contributed by atoms with E-state index < -0.39 is 23.2 Å². The van der Waals surface area contributed by atoms with E-state index in [1.807, 2.05) is 22.9 Å². The van der Waals surface area contributed by atoms with Gasteiger partial charge >= 0.3 is 5.97 Å². The highest BCUT2D eigenvalue weighted by molar-refractivity contribution is 7.16. The van der Waals surface area contributed by atoms with Crippen molar-refractivity contribution < 1.29 is 14.7 Å². The highest BCUT2D eigenvalue weighted by Gasteiger charge is 2.65. The van der Waals surface area contributed by atoms with Crippen LogP contribution in [0.1, 0.15) is 13.8 Å². The fourth-order valence-electron chi connectivity index (χ4n) is 2.64. The molecule has 0 spiro atoms. The lowest BCUT2D eigenvalue weighted by atomic mass is 10.1. The zero-order valence-electron chi connectivity index (χ0n) is 11.5. The van der Waals surface area contributed by atoms with Crippen LogP contribution in [-0.4, -0.2) is 22.0 Å². The van der Waals surface area contributed by atoms with Crippen LogP contribution in [0.25, 0.3) is 10.6 Å². The molecular weight excluding hydrogens is 308 g/mol. The van der Waals surface area contributed by atoms with Gasteiger partial charge < -0.3 is 10.4 Å². The number of thiazole rings is 1. The third-order valence-electron chi connectivity index (χ3n) is 3.88. The summed E-state index contributed by atoms with van der Waals surface area (Å²) < 4.78 is 0.